The minimum atomic E-state index is 0.0245. The predicted octanol–water partition coefficient (Wildman–Crippen LogP) is 3.23. The molecular weight excluding hydrogens is 324 g/mol. The van der Waals surface area contributed by atoms with Gasteiger partial charge in [-0.2, -0.15) is 0 Å². The molecule has 0 spiro atoms. The third-order valence-electron chi connectivity index (χ3n) is 3.64. The molecule has 3 rings (SSSR count). The number of aromatic nitrogens is 1. The van der Waals surface area contributed by atoms with Gasteiger partial charge in [0.1, 0.15) is 0 Å². The lowest BCUT2D eigenvalue weighted by Crippen LogP contribution is -2.39. The van der Waals surface area contributed by atoms with Crippen LogP contribution in [0.25, 0.3) is 0 Å². The lowest BCUT2D eigenvalue weighted by atomic mass is 9.76. The van der Waals surface area contributed by atoms with E-state index < -0.39 is 0 Å². The fourth-order valence-electron chi connectivity index (χ4n) is 2.50. The summed E-state index contributed by atoms with van der Waals surface area (Å²) < 4.78 is 1.21. The summed E-state index contributed by atoms with van der Waals surface area (Å²) >= 11 is 4.83. The van der Waals surface area contributed by atoms with Crippen LogP contribution >= 0.6 is 27.3 Å². The average molecular weight is 339 g/mol. The van der Waals surface area contributed by atoms with E-state index in [2.05, 4.69) is 50.5 Å². The maximum Gasteiger partial charge on any atom is 0.304 e. The summed E-state index contributed by atoms with van der Waals surface area (Å²) in [6.45, 7) is 0.756. The monoisotopic (exact) mass is 338 g/mol. The number of rotatable bonds is 4. The van der Waals surface area contributed by atoms with Gasteiger partial charge in [-0.15, -0.1) is 0 Å². The van der Waals surface area contributed by atoms with Gasteiger partial charge >= 0.3 is 4.87 Å². The molecule has 1 aliphatic rings. The molecule has 0 saturated heterocycles. The summed E-state index contributed by atoms with van der Waals surface area (Å²) in [5.74, 6) is 0.648. The van der Waals surface area contributed by atoms with Crippen molar-refractivity contribution in [2.45, 2.75) is 31.3 Å². The minimum absolute atomic E-state index is 0.0245. The van der Waals surface area contributed by atoms with Crippen molar-refractivity contribution >= 4 is 27.3 Å². The van der Waals surface area contributed by atoms with Crippen molar-refractivity contribution < 1.29 is 0 Å². The Morgan fingerprint density at radius 3 is 2.84 bits per heavy atom. The third-order valence-corrected chi connectivity index (χ3v) is 5.08. The van der Waals surface area contributed by atoms with Gasteiger partial charge in [0.05, 0.1) is 0 Å². The molecule has 1 aromatic carbocycles. The molecule has 1 fully saturated rings. The van der Waals surface area contributed by atoms with Crippen LogP contribution in [0.5, 0.6) is 0 Å². The molecule has 2 N–H and O–H groups in total. The Kier molecular flexibility index (Phi) is 3.86. The second-order valence-corrected chi connectivity index (χ2v) is 6.64. The molecule has 19 heavy (non-hydrogen) atoms. The Morgan fingerprint density at radius 2 is 2.16 bits per heavy atom. The number of aromatic amines is 1. The zero-order chi connectivity index (χ0) is 13.2. The molecule has 1 heterocycles. The van der Waals surface area contributed by atoms with Crippen LogP contribution in [-0.2, 0) is 6.54 Å². The summed E-state index contributed by atoms with van der Waals surface area (Å²) in [5.41, 5.74) is 2.39. The summed E-state index contributed by atoms with van der Waals surface area (Å²) in [4.78, 5) is 13.9. The van der Waals surface area contributed by atoms with Crippen molar-refractivity contribution in [1.29, 1.82) is 0 Å². The Morgan fingerprint density at radius 1 is 1.37 bits per heavy atom. The molecule has 100 valence electrons. The van der Waals surface area contributed by atoms with Crippen molar-refractivity contribution in [3.05, 3.63) is 55.0 Å². The SMILES string of the molecule is O=c1[nH]c(CNC2CC(c3ccccc3Br)C2)cs1. The van der Waals surface area contributed by atoms with E-state index >= 15 is 0 Å². The largest absolute Gasteiger partial charge is 0.315 e. The molecule has 0 atom stereocenters. The van der Waals surface area contributed by atoms with Crippen LogP contribution in [0.15, 0.2) is 38.9 Å². The van der Waals surface area contributed by atoms with E-state index in [1.807, 2.05) is 5.38 Å². The van der Waals surface area contributed by atoms with E-state index in [4.69, 9.17) is 0 Å². The van der Waals surface area contributed by atoms with E-state index in [1.54, 1.807) is 0 Å². The topological polar surface area (TPSA) is 44.9 Å². The number of benzene rings is 1. The van der Waals surface area contributed by atoms with E-state index in [9.17, 15) is 4.79 Å². The normalized spacial score (nSPS) is 22.2. The highest BCUT2D eigenvalue weighted by Gasteiger charge is 2.30. The van der Waals surface area contributed by atoms with Crippen LogP contribution in [0.1, 0.15) is 30.0 Å². The first-order chi connectivity index (χ1) is 9.22. The van der Waals surface area contributed by atoms with Gasteiger partial charge < -0.3 is 10.3 Å². The Bertz CT molecular complexity index is 616. The van der Waals surface area contributed by atoms with Gasteiger partial charge in [0.15, 0.2) is 0 Å². The van der Waals surface area contributed by atoms with E-state index in [0.29, 0.717) is 12.0 Å². The Balaban J connectivity index is 1.51. The number of hydrogen-bond donors (Lipinski definition) is 2. The van der Waals surface area contributed by atoms with Gasteiger partial charge in [0, 0.05) is 28.1 Å². The van der Waals surface area contributed by atoms with Gasteiger partial charge in [-0.1, -0.05) is 45.5 Å². The summed E-state index contributed by atoms with van der Waals surface area (Å²) in [5, 5.41) is 5.38. The summed E-state index contributed by atoms with van der Waals surface area (Å²) in [7, 11) is 0. The fourth-order valence-corrected chi connectivity index (χ4v) is 3.69. The first kappa shape index (κ1) is 13.1. The van der Waals surface area contributed by atoms with Crippen LogP contribution in [0.3, 0.4) is 0 Å². The van der Waals surface area contributed by atoms with E-state index in [1.165, 1.54) is 21.4 Å². The fraction of sp³-hybridized carbons (Fsp3) is 0.357. The maximum atomic E-state index is 11.0. The summed E-state index contributed by atoms with van der Waals surface area (Å²) in [6.07, 6.45) is 2.33. The maximum absolute atomic E-state index is 11.0. The predicted molar refractivity (Wildman–Crippen MR) is 81.7 cm³/mol. The van der Waals surface area contributed by atoms with Gasteiger partial charge in [-0.05, 0) is 30.4 Å². The molecule has 1 saturated carbocycles. The molecule has 0 amide bonds. The highest BCUT2D eigenvalue weighted by Crippen LogP contribution is 2.39. The Hall–Kier alpha value is -0.910. The van der Waals surface area contributed by atoms with Crippen LogP contribution in [-0.4, -0.2) is 11.0 Å². The zero-order valence-electron chi connectivity index (χ0n) is 10.4. The molecule has 1 aliphatic carbocycles. The minimum Gasteiger partial charge on any atom is -0.315 e. The average Bonchev–Trinajstić information content (AvgIpc) is 2.75. The number of H-pyrrole nitrogens is 1. The molecule has 5 heteroatoms. The molecule has 0 aliphatic heterocycles. The quantitative estimate of drug-likeness (QED) is 0.898. The third kappa shape index (κ3) is 2.99. The zero-order valence-corrected chi connectivity index (χ0v) is 12.8. The van der Waals surface area contributed by atoms with Crippen LogP contribution in [0, 0.1) is 0 Å². The van der Waals surface area contributed by atoms with Gasteiger partial charge in [0.2, 0.25) is 0 Å². The number of halogens is 1. The van der Waals surface area contributed by atoms with Crippen molar-refractivity contribution in [3.63, 3.8) is 0 Å². The molecular formula is C14H15BrN2OS. The van der Waals surface area contributed by atoms with Gasteiger partial charge in [0.25, 0.3) is 0 Å². The van der Waals surface area contributed by atoms with Gasteiger partial charge in [-0.3, -0.25) is 4.79 Å². The second kappa shape index (κ2) is 5.61. The van der Waals surface area contributed by atoms with Crippen molar-refractivity contribution in [3.8, 4) is 0 Å². The molecule has 0 bridgehead atoms. The van der Waals surface area contributed by atoms with Crippen molar-refractivity contribution in [1.82, 2.24) is 10.3 Å². The number of nitrogens with one attached hydrogen (secondary N) is 2. The standard InChI is InChI=1S/C14H15BrN2OS/c15-13-4-2-1-3-12(13)9-5-10(6-9)16-7-11-8-19-14(18)17-11/h1-4,8-10,16H,5-7H2,(H,17,18). The summed E-state index contributed by atoms with van der Waals surface area (Å²) in [6, 6.07) is 9.00. The van der Waals surface area contributed by atoms with E-state index in [0.717, 1.165) is 25.1 Å². The first-order valence-corrected chi connectivity index (χ1v) is 8.04. The number of thiazole rings is 1. The smallest absolute Gasteiger partial charge is 0.304 e. The highest BCUT2D eigenvalue weighted by molar-refractivity contribution is 9.10. The molecule has 1 aromatic heterocycles. The highest BCUT2D eigenvalue weighted by atomic mass is 79.9. The van der Waals surface area contributed by atoms with Crippen molar-refractivity contribution in [2.75, 3.05) is 0 Å². The van der Waals surface area contributed by atoms with Gasteiger partial charge in [-0.25, -0.2) is 0 Å². The molecule has 0 radical (unpaired) electrons. The Labute approximate surface area is 124 Å². The lowest BCUT2D eigenvalue weighted by molar-refractivity contribution is 0.288. The lowest BCUT2D eigenvalue weighted by Gasteiger charge is -2.36. The molecule has 2 aromatic rings. The second-order valence-electron chi connectivity index (χ2n) is 4.94. The van der Waals surface area contributed by atoms with Crippen LogP contribution in [0.2, 0.25) is 0 Å². The molecule has 0 unspecified atom stereocenters. The van der Waals surface area contributed by atoms with E-state index in [-0.39, 0.29) is 4.87 Å². The van der Waals surface area contributed by atoms with Crippen LogP contribution in [0.4, 0.5) is 0 Å². The molecule has 3 nitrogen and oxygen atoms in total. The number of hydrogen-bond acceptors (Lipinski definition) is 3. The first-order valence-electron chi connectivity index (χ1n) is 6.37. The van der Waals surface area contributed by atoms with Crippen molar-refractivity contribution in [2.24, 2.45) is 0 Å². The van der Waals surface area contributed by atoms with Crippen LogP contribution < -0.4 is 10.2 Å².